The van der Waals surface area contributed by atoms with Gasteiger partial charge in [-0.3, -0.25) is 0 Å². The Labute approximate surface area is 145 Å². The van der Waals surface area contributed by atoms with E-state index in [0.29, 0.717) is 12.0 Å². The molecule has 3 rings (SSSR count). The number of aryl methyl sites for hydroxylation is 2. The number of rotatable bonds is 4. The van der Waals surface area contributed by atoms with E-state index in [4.69, 9.17) is 9.97 Å². The first-order valence-electron chi connectivity index (χ1n) is 9.26. The minimum absolute atomic E-state index is 0.626. The lowest BCUT2D eigenvalue weighted by Crippen LogP contribution is -2.33. The highest BCUT2D eigenvalue weighted by molar-refractivity contribution is 5.82. The predicted octanol–water partition coefficient (Wildman–Crippen LogP) is 3.85. The summed E-state index contributed by atoms with van der Waals surface area (Å²) in [5.41, 5.74) is 3.39. The van der Waals surface area contributed by atoms with Crippen LogP contribution in [0.3, 0.4) is 0 Å². The van der Waals surface area contributed by atoms with E-state index >= 15 is 0 Å². The first-order valence-corrected chi connectivity index (χ1v) is 9.26. The Hall–Kier alpha value is -1.68. The zero-order valence-electron chi connectivity index (χ0n) is 15.5. The van der Waals surface area contributed by atoms with E-state index in [1.807, 2.05) is 0 Å². The maximum absolute atomic E-state index is 4.86. The number of benzene rings is 1. The molecule has 1 atom stereocenters. The molecule has 1 aromatic carbocycles. The molecule has 0 radical (unpaired) electrons. The van der Waals surface area contributed by atoms with Crippen LogP contribution in [0.1, 0.15) is 44.4 Å². The number of fused-ring (bicyclic) bond motifs is 1. The first-order chi connectivity index (χ1) is 11.5. The molecule has 0 unspecified atom stereocenters. The number of nitrogens with zero attached hydrogens (tertiary/aromatic N) is 3. The van der Waals surface area contributed by atoms with E-state index in [0.717, 1.165) is 42.2 Å². The molecule has 4 heteroatoms. The minimum atomic E-state index is 0.626. The van der Waals surface area contributed by atoms with Gasteiger partial charge in [-0.15, -0.1) is 0 Å². The largest absolute Gasteiger partial charge is 0.341 e. The third kappa shape index (κ3) is 4.04. The Kier molecular flexibility index (Phi) is 5.34. The highest BCUT2D eigenvalue weighted by Gasteiger charge is 2.19. The average Bonchev–Trinajstić information content (AvgIpc) is 2.78. The van der Waals surface area contributed by atoms with Gasteiger partial charge in [0.2, 0.25) is 5.95 Å². The Morgan fingerprint density at radius 3 is 2.79 bits per heavy atom. The SMILES string of the molecule is Cc1ccc2c(C)nc(N3CCC[C@H](NCC(C)C)CC3)nc2c1. The second kappa shape index (κ2) is 7.47. The number of hydrogen-bond acceptors (Lipinski definition) is 4. The van der Waals surface area contributed by atoms with Crippen LogP contribution in [-0.4, -0.2) is 35.6 Å². The van der Waals surface area contributed by atoms with Crippen LogP contribution in [0, 0.1) is 19.8 Å². The molecular formula is C20H30N4. The molecule has 1 N–H and O–H groups in total. The van der Waals surface area contributed by atoms with Crippen molar-refractivity contribution in [3.05, 3.63) is 29.5 Å². The Balaban J connectivity index is 1.75. The number of anilines is 1. The first kappa shape index (κ1) is 17.2. The van der Waals surface area contributed by atoms with Gasteiger partial charge in [-0.25, -0.2) is 9.97 Å². The topological polar surface area (TPSA) is 41.1 Å². The lowest BCUT2D eigenvalue weighted by molar-refractivity contribution is 0.433. The molecule has 0 aliphatic carbocycles. The second-order valence-electron chi connectivity index (χ2n) is 7.55. The fourth-order valence-corrected chi connectivity index (χ4v) is 3.43. The van der Waals surface area contributed by atoms with Gasteiger partial charge >= 0.3 is 0 Å². The third-order valence-electron chi connectivity index (χ3n) is 4.86. The van der Waals surface area contributed by atoms with Gasteiger partial charge in [-0.1, -0.05) is 26.0 Å². The van der Waals surface area contributed by atoms with Crippen LogP contribution in [0.25, 0.3) is 10.9 Å². The summed E-state index contributed by atoms with van der Waals surface area (Å²) in [6.45, 7) is 11.9. The van der Waals surface area contributed by atoms with E-state index in [1.165, 1.54) is 24.8 Å². The smallest absolute Gasteiger partial charge is 0.226 e. The molecule has 0 spiro atoms. The monoisotopic (exact) mass is 326 g/mol. The number of nitrogens with one attached hydrogen (secondary N) is 1. The Bertz CT molecular complexity index is 695. The molecule has 130 valence electrons. The van der Waals surface area contributed by atoms with Crippen molar-refractivity contribution >= 4 is 16.9 Å². The maximum atomic E-state index is 4.86. The minimum Gasteiger partial charge on any atom is -0.341 e. The van der Waals surface area contributed by atoms with Crippen LogP contribution in [0.5, 0.6) is 0 Å². The summed E-state index contributed by atoms with van der Waals surface area (Å²) in [4.78, 5) is 12.0. The van der Waals surface area contributed by atoms with Crippen LogP contribution in [0.2, 0.25) is 0 Å². The molecule has 1 aliphatic rings. The molecule has 0 bridgehead atoms. The summed E-state index contributed by atoms with van der Waals surface area (Å²) in [6, 6.07) is 7.06. The van der Waals surface area contributed by atoms with E-state index in [-0.39, 0.29) is 0 Å². The van der Waals surface area contributed by atoms with Gasteiger partial charge in [0.05, 0.1) is 11.2 Å². The van der Waals surface area contributed by atoms with E-state index in [9.17, 15) is 0 Å². The molecule has 0 saturated carbocycles. The van der Waals surface area contributed by atoms with E-state index in [2.05, 4.69) is 56.1 Å². The van der Waals surface area contributed by atoms with Crippen LogP contribution in [0.15, 0.2) is 18.2 Å². The second-order valence-corrected chi connectivity index (χ2v) is 7.55. The van der Waals surface area contributed by atoms with E-state index < -0.39 is 0 Å². The fourth-order valence-electron chi connectivity index (χ4n) is 3.43. The van der Waals surface area contributed by atoms with Crippen LogP contribution in [-0.2, 0) is 0 Å². The summed E-state index contributed by atoms with van der Waals surface area (Å²) < 4.78 is 0. The summed E-state index contributed by atoms with van der Waals surface area (Å²) in [5, 5.41) is 4.88. The molecule has 4 nitrogen and oxygen atoms in total. The van der Waals surface area contributed by atoms with Gasteiger partial charge in [0, 0.05) is 24.5 Å². The van der Waals surface area contributed by atoms with E-state index in [1.54, 1.807) is 0 Å². The summed E-state index contributed by atoms with van der Waals surface area (Å²) >= 11 is 0. The van der Waals surface area contributed by atoms with Crippen molar-refractivity contribution in [2.24, 2.45) is 5.92 Å². The summed E-state index contributed by atoms with van der Waals surface area (Å²) in [5.74, 6) is 1.61. The molecule has 1 saturated heterocycles. The van der Waals surface area contributed by atoms with Gasteiger partial charge in [0.25, 0.3) is 0 Å². The van der Waals surface area contributed by atoms with Gasteiger partial charge < -0.3 is 10.2 Å². The molecular weight excluding hydrogens is 296 g/mol. The lowest BCUT2D eigenvalue weighted by Gasteiger charge is -2.22. The molecule has 24 heavy (non-hydrogen) atoms. The molecule has 0 amide bonds. The number of hydrogen-bond donors (Lipinski definition) is 1. The van der Waals surface area contributed by atoms with Gasteiger partial charge in [0.1, 0.15) is 0 Å². The number of aromatic nitrogens is 2. The molecule has 2 heterocycles. The van der Waals surface area contributed by atoms with Gasteiger partial charge in [0.15, 0.2) is 0 Å². The molecule has 2 aromatic rings. The van der Waals surface area contributed by atoms with Crippen molar-refractivity contribution in [3.8, 4) is 0 Å². The highest BCUT2D eigenvalue weighted by atomic mass is 15.3. The maximum Gasteiger partial charge on any atom is 0.226 e. The van der Waals surface area contributed by atoms with Gasteiger partial charge in [-0.05, 0) is 57.2 Å². The van der Waals surface area contributed by atoms with Crippen molar-refractivity contribution in [1.82, 2.24) is 15.3 Å². The Morgan fingerprint density at radius 2 is 2.00 bits per heavy atom. The van der Waals surface area contributed by atoms with Crippen molar-refractivity contribution < 1.29 is 0 Å². The van der Waals surface area contributed by atoms with Crippen LogP contribution >= 0.6 is 0 Å². The lowest BCUT2D eigenvalue weighted by atomic mass is 10.1. The normalized spacial score (nSPS) is 19.0. The third-order valence-corrected chi connectivity index (χ3v) is 4.86. The van der Waals surface area contributed by atoms with Crippen molar-refractivity contribution in [3.63, 3.8) is 0 Å². The molecule has 1 aliphatic heterocycles. The van der Waals surface area contributed by atoms with Gasteiger partial charge in [-0.2, -0.15) is 0 Å². The highest BCUT2D eigenvalue weighted by Crippen LogP contribution is 2.22. The van der Waals surface area contributed by atoms with Crippen LogP contribution in [0.4, 0.5) is 5.95 Å². The van der Waals surface area contributed by atoms with Crippen LogP contribution < -0.4 is 10.2 Å². The van der Waals surface area contributed by atoms with Crippen molar-refractivity contribution in [2.45, 2.75) is 53.0 Å². The summed E-state index contributed by atoms with van der Waals surface area (Å²) in [7, 11) is 0. The Morgan fingerprint density at radius 1 is 1.17 bits per heavy atom. The zero-order chi connectivity index (χ0) is 17.1. The molecule has 1 aromatic heterocycles. The quantitative estimate of drug-likeness (QED) is 0.926. The average molecular weight is 326 g/mol. The zero-order valence-corrected chi connectivity index (χ0v) is 15.5. The molecule has 1 fully saturated rings. The van der Waals surface area contributed by atoms with Crippen molar-refractivity contribution in [1.29, 1.82) is 0 Å². The van der Waals surface area contributed by atoms with Crippen molar-refractivity contribution in [2.75, 3.05) is 24.5 Å². The predicted molar refractivity (Wildman–Crippen MR) is 102 cm³/mol. The summed E-state index contributed by atoms with van der Waals surface area (Å²) in [6.07, 6.45) is 3.61. The standard InChI is InChI=1S/C20H30N4/c1-14(2)13-21-17-6-5-10-24(11-9-17)20-22-16(4)18-8-7-15(3)12-19(18)23-20/h7-8,12,14,17,21H,5-6,9-11,13H2,1-4H3/t17-/m0/s1. The fraction of sp³-hybridized carbons (Fsp3) is 0.600.